The zero-order chi connectivity index (χ0) is 46.7. The van der Waals surface area contributed by atoms with Crippen LogP contribution in [0.3, 0.4) is 0 Å². The zero-order valence-electron chi connectivity index (χ0n) is 38.1. The summed E-state index contributed by atoms with van der Waals surface area (Å²) in [5.41, 5.74) is 0. The highest BCUT2D eigenvalue weighted by Crippen LogP contribution is 2.47. The molecule has 366 valence electrons. The third kappa shape index (κ3) is 29.1. The van der Waals surface area contributed by atoms with Crippen molar-refractivity contribution in [1.82, 2.24) is 0 Å². The third-order valence-corrected chi connectivity index (χ3v) is 11.8. The van der Waals surface area contributed by atoms with Crippen molar-refractivity contribution in [2.45, 2.75) is 223 Å². The lowest BCUT2D eigenvalue weighted by Crippen LogP contribution is -2.64. The van der Waals surface area contributed by atoms with Crippen LogP contribution in [0.1, 0.15) is 168 Å². The van der Waals surface area contributed by atoms with Crippen LogP contribution in [0.4, 0.5) is 0 Å². The Balaban J connectivity index is 2.58. The number of phosphoric ester groups is 1. The number of phosphoric acid groups is 1. The predicted octanol–water partition coefficient (Wildman–Crippen LogP) is 7.11. The van der Waals surface area contributed by atoms with E-state index in [9.17, 15) is 54.8 Å². The molecule has 0 aromatic carbocycles. The Morgan fingerprint density at radius 1 is 0.556 bits per heavy atom. The minimum absolute atomic E-state index is 0.0689. The van der Waals surface area contributed by atoms with Crippen LogP contribution in [-0.4, -0.2) is 121 Å². The molecule has 0 spiro atoms. The highest BCUT2D eigenvalue weighted by Gasteiger charge is 2.51. The number of hydrogen-bond donors (Lipinski definition) is 8. The van der Waals surface area contributed by atoms with Gasteiger partial charge in [0.1, 0.15) is 43.2 Å². The molecular weight excluding hydrogens is 835 g/mol. The van der Waals surface area contributed by atoms with Crippen LogP contribution in [-0.2, 0) is 32.7 Å². The number of rotatable bonds is 38. The second-order valence-electron chi connectivity index (χ2n) is 16.6. The van der Waals surface area contributed by atoms with Crippen molar-refractivity contribution in [2.75, 3.05) is 13.2 Å². The fourth-order valence-electron chi connectivity index (χ4n) is 6.85. The van der Waals surface area contributed by atoms with Gasteiger partial charge in [-0.2, -0.15) is 0 Å². The molecule has 16 heteroatoms. The summed E-state index contributed by atoms with van der Waals surface area (Å²) >= 11 is 0. The van der Waals surface area contributed by atoms with Crippen LogP contribution < -0.4 is 0 Å². The molecule has 5 unspecified atom stereocenters. The van der Waals surface area contributed by atoms with Crippen LogP contribution in [0.2, 0.25) is 0 Å². The first kappa shape index (κ1) is 58.7. The van der Waals surface area contributed by atoms with E-state index in [0.29, 0.717) is 12.8 Å². The molecule has 0 aromatic rings. The van der Waals surface area contributed by atoms with Gasteiger partial charge < -0.3 is 50.1 Å². The molecule has 15 nitrogen and oxygen atoms in total. The number of unbranched alkanes of at least 4 members (excludes halogenated alkanes) is 14. The molecule has 1 fully saturated rings. The summed E-state index contributed by atoms with van der Waals surface area (Å²) in [4.78, 5) is 35.8. The molecule has 0 aliphatic heterocycles. The SMILES string of the molecule is CCCCC/C=C\C/C=C\C/C=C\CC(O)C(O)CCCC(=O)O[C@H](COC(=O)CCCCCCCCC/C=C\CCCCCC)COP(=O)(O)OC1[C@H](O)[C@H](O)C(O)[C@H](O)[C@H]1O. The Labute approximate surface area is 376 Å². The molecule has 1 saturated carbocycles. The van der Waals surface area contributed by atoms with Crippen molar-refractivity contribution < 1.29 is 73.3 Å². The Morgan fingerprint density at radius 2 is 1.02 bits per heavy atom. The summed E-state index contributed by atoms with van der Waals surface area (Å²) in [6.45, 7) is 3.00. The summed E-state index contributed by atoms with van der Waals surface area (Å²) < 4.78 is 33.3. The maximum Gasteiger partial charge on any atom is 0.472 e. The van der Waals surface area contributed by atoms with Gasteiger partial charge in [0.2, 0.25) is 0 Å². The van der Waals surface area contributed by atoms with E-state index < -0.39 is 87.9 Å². The molecular formula is C47H83O15P. The normalized spacial score (nSPS) is 23.1. The van der Waals surface area contributed by atoms with Gasteiger partial charge >= 0.3 is 19.8 Å². The van der Waals surface area contributed by atoms with Gasteiger partial charge in [0.05, 0.1) is 18.8 Å². The lowest BCUT2D eigenvalue weighted by atomic mass is 9.85. The largest absolute Gasteiger partial charge is 0.472 e. The summed E-state index contributed by atoms with van der Waals surface area (Å²) in [6, 6.07) is 0. The quantitative estimate of drug-likeness (QED) is 0.0133. The second kappa shape index (κ2) is 36.9. The van der Waals surface area contributed by atoms with Crippen LogP contribution in [0.25, 0.3) is 0 Å². The Hall–Kier alpha value is -2.27. The topological polar surface area (TPSA) is 250 Å². The van der Waals surface area contributed by atoms with E-state index in [1.54, 1.807) is 6.08 Å². The zero-order valence-corrected chi connectivity index (χ0v) is 39.0. The van der Waals surface area contributed by atoms with E-state index in [4.69, 9.17) is 18.5 Å². The van der Waals surface area contributed by atoms with Crippen molar-refractivity contribution >= 4 is 19.8 Å². The molecule has 0 amide bonds. The number of aliphatic hydroxyl groups is 7. The van der Waals surface area contributed by atoms with Gasteiger partial charge in [-0.1, -0.05) is 127 Å². The lowest BCUT2D eigenvalue weighted by Gasteiger charge is -2.41. The van der Waals surface area contributed by atoms with E-state index in [1.165, 1.54) is 44.9 Å². The van der Waals surface area contributed by atoms with Gasteiger partial charge in [-0.3, -0.25) is 18.6 Å². The van der Waals surface area contributed by atoms with Gasteiger partial charge in [-0.15, -0.1) is 0 Å². The van der Waals surface area contributed by atoms with Crippen LogP contribution >= 0.6 is 7.82 Å². The molecule has 10 atom stereocenters. The standard InChI is InChI=1S/C47H83O15P/c1-3-5-7-9-11-13-15-17-18-19-21-23-25-27-29-33-40(50)59-35-37(36-60-63(57,58)62-47-45(55)43(53)42(52)44(54)46(47)56)61-41(51)34-30-32-39(49)38(48)31-28-26-24-22-20-16-14-12-10-8-6-4-2/h12-15,20,22,26,28,37-39,42-49,52-56H,3-11,16-19,21,23-25,27,29-36H2,1-2H3,(H,57,58)/b14-12-,15-13-,22-20-,28-26-/t37-,38?,39?,42?,43-,44+,45-,46-,47?/m1/s1. The van der Waals surface area contributed by atoms with Crippen molar-refractivity contribution in [2.24, 2.45) is 0 Å². The fraction of sp³-hybridized carbons (Fsp3) is 0.787. The molecule has 0 saturated heterocycles. The number of hydrogen-bond acceptors (Lipinski definition) is 14. The molecule has 1 rings (SSSR count). The maximum atomic E-state index is 12.8. The first-order valence-corrected chi connectivity index (χ1v) is 25.1. The Bertz CT molecular complexity index is 1320. The highest BCUT2D eigenvalue weighted by molar-refractivity contribution is 7.47. The van der Waals surface area contributed by atoms with Gasteiger partial charge in [0.15, 0.2) is 6.10 Å². The van der Waals surface area contributed by atoms with Crippen molar-refractivity contribution in [3.05, 3.63) is 48.6 Å². The number of carbonyl (C=O) groups excluding carboxylic acids is 2. The summed E-state index contributed by atoms with van der Waals surface area (Å²) in [5.74, 6) is -1.39. The monoisotopic (exact) mass is 919 g/mol. The first-order valence-electron chi connectivity index (χ1n) is 23.6. The van der Waals surface area contributed by atoms with E-state index in [-0.39, 0.29) is 32.1 Å². The molecule has 1 aliphatic carbocycles. The number of carbonyl (C=O) groups is 2. The number of esters is 2. The van der Waals surface area contributed by atoms with Crippen LogP contribution in [0.5, 0.6) is 0 Å². The van der Waals surface area contributed by atoms with Crippen molar-refractivity contribution in [1.29, 1.82) is 0 Å². The molecule has 0 radical (unpaired) electrons. The summed E-state index contributed by atoms with van der Waals surface area (Å²) in [5, 5.41) is 71.0. The highest BCUT2D eigenvalue weighted by atomic mass is 31.2. The lowest BCUT2D eigenvalue weighted by molar-refractivity contribution is -0.220. The van der Waals surface area contributed by atoms with E-state index in [1.807, 2.05) is 12.2 Å². The number of ether oxygens (including phenoxy) is 2. The molecule has 0 aromatic heterocycles. The first-order chi connectivity index (χ1) is 30.2. The van der Waals surface area contributed by atoms with Crippen LogP contribution in [0.15, 0.2) is 48.6 Å². The minimum Gasteiger partial charge on any atom is -0.462 e. The third-order valence-electron chi connectivity index (χ3n) is 10.8. The molecule has 1 aliphatic rings. The van der Waals surface area contributed by atoms with E-state index >= 15 is 0 Å². The Morgan fingerprint density at radius 3 is 1.62 bits per heavy atom. The van der Waals surface area contributed by atoms with E-state index in [0.717, 1.165) is 64.2 Å². The predicted molar refractivity (Wildman–Crippen MR) is 242 cm³/mol. The van der Waals surface area contributed by atoms with Crippen molar-refractivity contribution in [3.63, 3.8) is 0 Å². The van der Waals surface area contributed by atoms with Gasteiger partial charge in [-0.25, -0.2) is 4.57 Å². The van der Waals surface area contributed by atoms with Gasteiger partial charge in [0, 0.05) is 12.8 Å². The smallest absolute Gasteiger partial charge is 0.462 e. The fourth-order valence-corrected chi connectivity index (χ4v) is 7.83. The number of allylic oxidation sites excluding steroid dienone is 7. The molecule has 0 heterocycles. The Kier molecular flexibility index (Phi) is 34.4. The molecule has 63 heavy (non-hydrogen) atoms. The maximum absolute atomic E-state index is 12.8. The van der Waals surface area contributed by atoms with Gasteiger partial charge in [-0.05, 0) is 77.0 Å². The average Bonchev–Trinajstić information content (AvgIpc) is 3.26. The minimum atomic E-state index is -5.20. The van der Waals surface area contributed by atoms with E-state index in [2.05, 4.69) is 44.2 Å². The second-order valence-corrected chi connectivity index (χ2v) is 18.0. The summed E-state index contributed by atoms with van der Waals surface area (Å²) in [6.07, 6.45) is 21.6. The average molecular weight is 919 g/mol. The van der Waals surface area contributed by atoms with Gasteiger partial charge in [0.25, 0.3) is 0 Å². The summed E-state index contributed by atoms with van der Waals surface area (Å²) in [7, 11) is -5.20. The van der Waals surface area contributed by atoms with Crippen LogP contribution in [0, 0.1) is 0 Å². The number of aliphatic hydroxyl groups excluding tert-OH is 7. The van der Waals surface area contributed by atoms with Crippen molar-refractivity contribution in [3.8, 4) is 0 Å². The molecule has 0 bridgehead atoms. The molecule has 8 N–H and O–H groups in total.